The Morgan fingerprint density at radius 2 is 2.00 bits per heavy atom. The van der Waals surface area contributed by atoms with Crippen LogP contribution < -0.4 is 0 Å². The van der Waals surface area contributed by atoms with E-state index in [1.165, 1.54) is 11.3 Å². The van der Waals surface area contributed by atoms with Gasteiger partial charge in [0, 0.05) is 9.77 Å². The maximum atomic E-state index is 12.4. The van der Waals surface area contributed by atoms with Crippen LogP contribution in [0.1, 0.15) is 23.0 Å². The van der Waals surface area contributed by atoms with Crippen molar-refractivity contribution in [1.82, 2.24) is 0 Å². The van der Waals surface area contributed by atoms with E-state index >= 15 is 0 Å². The Morgan fingerprint density at radius 3 is 2.63 bits per heavy atom. The maximum Gasteiger partial charge on any atom is 0.0963 e. The lowest BCUT2D eigenvalue weighted by atomic mass is 10.2. The number of thiophene rings is 1. The molecule has 1 heterocycles. The lowest BCUT2D eigenvalue weighted by Gasteiger charge is -2.03. The summed E-state index contributed by atoms with van der Waals surface area (Å²) in [4.78, 5) is 1.62. The van der Waals surface area contributed by atoms with Gasteiger partial charge in [-0.2, -0.15) is 0 Å². The van der Waals surface area contributed by atoms with E-state index in [4.69, 9.17) is 0 Å². The van der Waals surface area contributed by atoms with E-state index in [9.17, 15) is 9.32 Å². The van der Waals surface area contributed by atoms with Crippen molar-refractivity contribution in [2.24, 2.45) is 0 Å². The molecule has 0 saturated heterocycles. The third-order valence-electron chi connectivity index (χ3n) is 2.74. The van der Waals surface area contributed by atoms with E-state index in [1.807, 2.05) is 43.3 Å². The molecule has 0 radical (unpaired) electrons. The normalized spacial score (nSPS) is 14.0. The summed E-state index contributed by atoms with van der Waals surface area (Å²) in [6.45, 7) is 5.61. The van der Waals surface area contributed by atoms with Crippen LogP contribution in [0.2, 0.25) is 0 Å². The minimum absolute atomic E-state index is 0.511. The van der Waals surface area contributed by atoms with Gasteiger partial charge in [0.25, 0.3) is 0 Å². The molecule has 0 aliphatic carbocycles. The molecule has 2 nitrogen and oxygen atoms in total. The van der Waals surface area contributed by atoms with Crippen molar-refractivity contribution in [2.45, 2.75) is 28.6 Å². The molecule has 0 bridgehead atoms. The SMILES string of the molecule is C=CCC(O)c1ccc(S(=O)c2ccc(C)cc2)s1. The molecule has 0 saturated carbocycles. The third kappa shape index (κ3) is 3.41. The first kappa shape index (κ1) is 14.2. The summed E-state index contributed by atoms with van der Waals surface area (Å²) in [6, 6.07) is 11.3. The van der Waals surface area contributed by atoms with Gasteiger partial charge in [-0.1, -0.05) is 23.8 Å². The van der Waals surface area contributed by atoms with Crippen LogP contribution in [0.15, 0.2) is 58.2 Å². The molecule has 0 aliphatic rings. The van der Waals surface area contributed by atoms with Crippen molar-refractivity contribution in [3.05, 3.63) is 59.5 Å². The van der Waals surface area contributed by atoms with E-state index in [0.717, 1.165) is 19.5 Å². The van der Waals surface area contributed by atoms with Gasteiger partial charge in [0.1, 0.15) is 0 Å². The fourth-order valence-corrected chi connectivity index (χ4v) is 4.09. The van der Waals surface area contributed by atoms with Crippen LogP contribution in [0, 0.1) is 6.92 Å². The van der Waals surface area contributed by atoms with E-state index in [2.05, 4.69) is 6.58 Å². The van der Waals surface area contributed by atoms with Crippen molar-refractivity contribution >= 4 is 22.1 Å². The molecule has 4 heteroatoms. The maximum absolute atomic E-state index is 12.4. The largest absolute Gasteiger partial charge is 0.387 e. The van der Waals surface area contributed by atoms with Crippen LogP contribution in [0.4, 0.5) is 0 Å². The molecule has 100 valence electrons. The average molecular weight is 292 g/mol. The van der Waals surface area contributed by atoms with Crippen LogP contribution in [-0.4, -0.2) is 9.32 Å². The first-order valence-corrected chi connectivity index (χ1v) is 7.95. The highest BCUT2D eigenvalue weighted by Crippen LogP contribution is 2.30. The Balaban J connectivity index is 2.20. The van der Waals surface area contributed by atoms with Crippen LogP contribution in [0.5, 0.6) is 0 Å². The minimum atomic E-state index is -1.17. The van der Waals surface area contributed by atoms with Crippen LogP contribution in [0.25, 0.3) is 0 Å². The highest BCUT2D eigenvalue weighted by Gasteiger charge is 2.13. The number of rotatable bonds is 5. The molecule has 0 fully saturated rings. The Morgan fingerprint density at radius 1 is 1.32 bits per heavy atom. The lowest BCUT2D eigenvalue weighted by Crippen LogP contribution is -1.91. The summed E-state index contributed by atoms with van der Waals surface area (Å²) in [5.74, 6) is 0. The molecule has 2 aromatic rings. The van der Waals surface area contributed by atoms with Crippen molar-refractivity contribution in [3.63, 3.8) is 0 Å². The van der Waals surface area contributed by atoms with Crippen LogP contribution in [0.3, 0.4) is 0 Å². The molecule has 0 spiro atoms. The predicted octanol–water partition coefficient (Wildman–Crippen LogP) is 3.83. The summed E-state index contributed by atoms with van der Waals surface area (Å²) in [5.41, 5.74) is 1.15. The van der Waals surface area contributed by atoms with Gasteiger partial charge >= 0.3 is 0 Å². The molecule has 1 aromatic carbocycles. The third-order valence-corrected chi connectivity index (χ3v) is 5.63. The first-order valence-electron chi connectivity index (χ1n) is 5.99. The second kappa shape index (κ2) is 6.28. The molecule has 19 heavy (non-hydrogen) atoms. The van der Waals surface area contributed by atoms with Crippen LogP contribution >= 0.6 is 11.3 Å². The number of benzene rings is 1. The summed E-state index contributed by atoms with van der Waals surface area (Å²) >= 11 is 1.39. The molecular formula is C15H16O2S2. The fraction of sp³-hybridized carbons (Fsp3) is 0.200. The number of hydrogen-bond acceptors (Lipinski definition) is 3. The Labute approximate surface area is 119 Å². The van der Waals surface area contributed by atoms with E-state index in [-0.39, 0.29) is 0 Å². The molecule has 0 amide bonds. The Kier molecular flexibility index (Phi) is 4.69. The predicted molar refractivity (Wildman–Crippen MR) is 79.9 cm³/mol. The van der Waals surface area contributed by atoms with E-state index < -0.39 is 16.9 Å². The molecule has 0 aliphatic heterocycles. The quantitative estimate of drug-likeness (QED) is 0.850. The van der Waals surface area contributed by atoms with Crippen molar-refractivity contribution in [1.29, 1.82) is 0 Å². The summed E-state index contributed by atoms with van der Waals surface area (Å²) in [6.07, 6.45) is 1.64. The van der Waals surface area contributed by atoms with Gasteiger partial charge in [0.2, 0.25) is 0 Å². The standard InChI is InChI=1S/C15H16O2S2/c1-3-4-13(16)14-9-10-15(18-14)19(17)12-7-5-11(2)6-8-12/h3,5-10,13,16H,1,4H2,2H3. The summed E-state index contributed by atoms with van der Waals surface area (Å²) in [5, 5.41) is 9.86. The highest BCUT2D eigenvalue weighted by molar-refractivity contribution is 7.87. The lowest BCUT2D eigenvalue weighted by molar-refractivity contribution is 0.185. The van der Waals surface area contributed by atoms with Crippen molar-refractivity contribution in [2.75, 3.05) is 0 Å². The molecule has 1 aromatic heterocycles. The fourth-order valence-electron chi connectivity index (χ4n) is 1.67. The molecule has 2 unspecified atom stereocenters. The minimum Gasteiger partial charge on any atom is -0.387 e. The first-order chi connectivity index (χ1) is 9.11. The van der Waals surface area contributed by atoms with Gasteiger partial charge in [-0.3, -0.25) is 0 Å². The van der Waals surface area contributed by atoms with Gasteiger partial charge in [-0.05, 0) is 37.6 Å². The molecular weight excluding hydrogens is 276 g/mol. The second-order valence-corrected chi connectivity index (χ2v) is 7.10. The molecule has 1 N–H and O–H groups in total. The summed E-state index contributed by atoms with van der Waals surface area (Å²) < 4.78 is 13.1. The number of aliphatic hydroxyl groups is 1. The second-order valence-electron chi connectivity index (χ2n) is 4.28. The Hall–Kier alpha value is -1.23. The monoisotopic (exact) mass is 292 g/mol. The zero-order chi connectivity index (χ0) is 13.8. The number of hydrogen-bond donors (Lipinski definition) is 1. The van der Waals surface area contributed by atoms with Gasteiger partial charge in [0.05, 0.1) is 21.1 Å². The van der Waals surface area contributed by atoms with E-state index in [0.29, 0.717) is 6.42 Å². The number of aryl methyl sites for hydroxylation is 1. The summed E-state index contributed by atoms with van der Waals surface area (Å²) in [7, 11) is -1.17. The average Bonchev–Trinajstić information content (AvgIpc) is 2.89. The molecule has 2 rings (SSSR count). The Bertz CT molecular complexity index is 584. The van der Waals surface area contributed by atoms with Gasteiger partial charge in [-0.15, -0.1) is 17.9 Å². The van der Waals surface area contributed by atoms with Gasteiger partial charge < -0.3 is 5.11 Å². The topological polar surface area (TPSA) is 37.3 Å². The van der Waals surface area contributed by atoms with Gasteiger partial charge in [-0.25, -0.2) is 4.21 Å². The highest BCUT2D eigenvalue weighted by atomic mass is 32.2. The molecule has 2 atom stereocenters. The van der Waals surface area contributed by atoms with E-state index in [1.54, 1.807) is 6.08 Å². The zero-order valence-corrected chi connectivity index (χ0v) is 12.3. The zero-order valence-electron chi connectivity index (χ0n) is 10.7. The van der Waals surface area contributed by atoms with Gasteiger partial charge in [0.15, 0.2) is 0 Å². The smallest absolute Gasteiger partial charge is 0.0963 e. The van der Waals surface area contributed by atoms with Crippen LogP contribution in [-0.2, 0) is 10.8 Å². The number of aliphatic hydroxyl groups excluding tert-OH is 1. The van der Waals surface area contributed by atoms with Crippen molar-refractivity contribution in [3.8, 4) is 0 Å². The van der Waals surface area contributed by atoms with Crippen molar-refractivity contribution < 1.29 is 9.32 Å².